The molecule has 3 heteroatoms. The van der Waals surface area contributed by atoms with Crippen molar-refractivity contribution < 1.29 is 4.79 Å². The normalized spacial score (nSPS) is 19.2. The van der Waals surface area contributed by atoms with Gasteiger partial charge in [0.05, 0.1) is 6.42 Å². The standard InChI is InChI=1S/C16H24N2O/c1-12-6-7-14(9-13(12)2)10-16(19)18-11-15-5-3-4-8-17-15/h6-7,9,15,17H,3-5,8,10-11H2,1-2H3,(H,18,19). The molecule has 1 fully saturated rings. The monoisotopic (exact) mass is 260 g/mol. The highest BCUT2D eigenvalue weighted by Crippen LogP contribution is 2.10. The maximum absolute atomic E-state index is 11.9. The SMILES string of the molecule is Cc1ccc(CC(=O)NCC2CCCCN2)cc1C. The minimum Gasteiger partial charge on any atom is -0.354 e. The van der Waals surface area contributed by atoms with Crippen LogP contribution in [0.1, 0.15) is 36.0 Å². The van der Waals surface area contributed by atoms with Crippen molar-refractivity contribution in [2.45, 2.75) is 45.6 Å². The van der Waals surface area contributed by atoms with Gasteiger partial charge in [-0.25, -0.2) is 0 Å². The third-order valence-electron chi connectivity index (χ3n) is 3.89. The van der Waals surface area contributed by atoms with Crippen LogP contribution >= 0.6 is 0 Å². The molecule has 1 aromatic carbocycles. The molecule has 0 spiro atoms. The van der Waals surface area contributed by atoms with Crippen LogP contribution in [0, 0.1) is 13.8 Å². The van der Waals surface area contributed by atoms with Crippen molar-refractivity contribution in [3.8, 4) is 0 Å². The lowest BCUT2D eigenvalue weighted by molar-refractivity contribution is -0.120. The number of carbonyl (C=O) groups is 1. The van der Waals surface area contributed by atoms with Crippen molar-refractivity contribution >= 4 is 5.91 Å². The van der Waals surface area contributed by atoms with E-state index in [4.69, 9.17) is 0 Å². The van der Waals surface area contributed by atoms with E-state index in [2.05, 4.69) is 36.6 Å². The molecule has 0 saturated carbocycles. The molecule has 1 aliphatic heterocycles. The van der Waals surface area contributed by atoms with Gasteiger partial charge in [0.15, 0.2) is 0 Å². The molecule has 2 N–H and O–H groups in total. The highest BCUT2D eigenvalue weighted by atomic mass is 16.1. The number of amides is 1. The highest BCUT2D eigenvalue weighted by molar-refractivity contribution is 5.78. The summed E-state index contributed by atoms with van der Waals surface area (Å²) in [5.41, 5.74) is 3.62. The molecule has 104 valence electrons. The van der Waals surface area contributed by atoms with Crippen LogP contribution in [-0.2, 0) is 11.2 Å². The molecule has 1 atom stereocenters. The van der Waals surface area contributed by atoms with Gasteiger partial charge in [0, 0.05) is 12.6 Å². The van der Waals surface area contributed by atoms with Gasteiger partial charge in [-0.05, 0) is 49.9 Å². The molecule has 1 aliphatic rings. The van der Waals surface area contributed by atoms with Gasteiger partial charge in [-0.3, -0.25) is 4.79 Å². The summed E-state index contributed by atoms with van der Waals surface area (Å²) in [4.78, 5) is 11.9. The van der Waals surface area contributed by atoms with Crippen LogP contribution in [0.5, 0.6) is 0 Å². The van der Waals surface area contributed by atoms with E-state index in [-0.39, 0.29) is 5.91 Å². The second-order valence-corrected chi connectivity index (χ2v) is 5.55. The van der Waals surface area contributed by atoms with Crippen molar-refractivity contribution in [1.29, 1.82) is 0 Å². The van der Waals surface area contributed by atoms with Crippen LogP contribution in [0.4, 0.5) is 0 Å². The van der Waals surface area contributed by atoms with E-state index in [9.17, 15) is 4.79 Å². The number of nitrogens with one attached hydrogen (secondary N) is 2. The molecule has 1 heterocycles. The zero-order valence-corrected chi connectivity index (χ0v) is 12.0. The maximum Gasteiger partial charge on any atom is 0.224 e. The minimum absolute atomic E-state index is 0.121. The van der Waals surface area contributed by atoms with Crippen LogP contribution in [0.2, 0.25) is 0 Å². The van der Waals surface area contributed by atoms with Crippen LogP contribution in [0.15, 0.2) is 18.2 Å². The van der Waals surface area contributed by atoms with E-state index < -0.39 is 0 Å². The Morgan fingerprint density at radius 3 is 2.84 bits per heavy atom. The molecule has 3 nitrogen and oxygen atoms in total. The van der Waals surface area contributed by atoms with Gasteiger partial charge in [-0.15, -0.1) is 0 Å². The van der Waals surface area contributed by atoms with Gasteiger partial charge in [0.2, 0.25) is 5.91 Å². The second-order valence-electron chi connectivity index (χ2n) is 5.55. The van der Waals surface area contributed by atoms with E-state index in [0.29, 0.717) is 12.5 Å². The third kappa shape index (κ3) is 4.35. The second kappa shape index (κ2) is 6.71. The molecular formula is C16H24N2O. The number of rotatable bonds is 4. The Morgan fingerprint density at radius 1 is 1.32 bits per heavy atom. The number of piperidine rings is 1. The van der Waals surface area contributed by atoms with Gasteiger partial charge in [-0.2, -0.15) is 0 Å². The van der Waals surface area contributed by atoms with Crippen molar-refractivity contribution in [2.24, 2.45) is 0 Å². The summed E-state index contributed by atoms with van der Waals surface area (Å²) >= 11 is 0. The number of benzene rings is 1. The molecule has 1 amide bonds. The van der Waals surface area contributed by atoms with Gasteiger partial charge >= 0.3 is 0 Å². The van der Waals surface area contributed by atoms with Crippen LogP contribution in [0.3, 0.4) is 0 Å². The summed E-state index contributed by atoms with van der Waals surface area (Å²) in [6, 6.07) is 6.69. The Bertz CT molecular complexity index is 436. The van der Waals surface area contributed by atoms with Gasteiger partial charge in [-0.1, -0.05) is 24.6 Å². The zero-order valence-electron chi connectivity index (χ0n) is 12.0. The number of aryl methyl sites for hydroxylation is 2. The fraction of sp³-hybridized carbons (Fsp3) is 0.562. The fourth-order valence-electron chi connectivity index (χ4n) is 2.50. The maximum atomic E-state index is 11.9. The average Bonchev–Trinajstić information content (AvgIpc) is 2.42. The smallest absolute Gasteiger partial charge is 0.224 e. The van der Waals surface area contributed by atoms with Crippen molar-refractivity contribution in [3.63, 3.8) is 0 Å². The lowest BCUT2D eigenvalue weighted by Gasteiger charge is -2.23. The number of hydrogen-bond donors (Lipinski definition) is 2. The van der Waals surface area contributed by atoms with E-state index in [1.165, 1.54) is 30.4 Å². The highest BCUT2D eigenvalue weighted by Gasteiger charge is 2.13. The zero-order chi connectivity index (χ0) is 13.7. The first kappa shape index (κ1) is 14.1. The average molecular weight is 260 g/mol. The fourth-order valence-corrected chi connectivity index (χ4v) is 2.50. The Balaban J connectivity index is 1.78. The van der Waals surface area contributed by atoms with Crippen LogP contribution < -0.4 is 10.6 Å². The summed E-state index contributed by atoms with van der Waals surface area (Å²) in [5, 5.41) is 6.47. The van der Waals surface area contributed by atoms with E-state index in [0.717, 1.165) is 18.7 Å². The molecule has 1 saturated heterocycles. The van der Waals surface area contributed by atoms with E-state index in [1.807, 2.05) is 6.07 Å². The predicted molar refractivity (Wildman–Crippen MR) is 78.3 cm³/mol. The topological polar surface area (TPSA) is 41.1 Å². The molecule has 1 unspecified atom stereocenters. The molecule has 19 heavy (non-hydrogen) atoms. The molecular weight excluding hydrogens is 236 g/mol. The first-order valence-corrected chi connectivity index (χ1v) is 7.21. The first-order chi connectivity index (χ1) is 9.15. The largest absolute Gasteiger partial charge is 0.354 e. The van der Waals surface area contributed by atoms with E-state index >= 15 is 0 Å². The lowest BCUT2D eigenvalue weighted by atomic mass is 10.0. The Hall–Kier alpha value is -1.35. The molecule has 0 bridgehead atoms. The first-order valence-electron chi connectivity index (χ1n) is 7.21. The van der Waals surface area contributed by atoms with Crippen molar-refractivity contribution in [2.75, 3.05) is 13.1 Å². The Labute approximate surface area is 115 Å². The Kier molecular flexibility index (Phi) is 4.97. The van der Waals surface area contributed by atoms with Gasteiger partial charge in [0.1, 0.15) is 0 Å². The Morgan fingerprint density at radius 2 is 2.16 bits per heavy atom. The third-order valence-corrected chi connectivity index (χ3v) is 3.89. The summed E-state index contributed by atoms with van der Waals surface area (Å²) in [7, 11) is 0. The molecule has 0 aromatic heterocycles. The van der Waals surface area contributed by atoms with Crippen molar-refractivity contribution in [3.05, 3.63) is 34.9 Å². The van der Waals surface area contributed by atoms with Crippen molar-refractivity contribution in [1.82, 2.24) is 10.6 Å². The molecule has 1 aromatic rings. The summed E-state index contributed by atoms with van der Waals surface area (Å²) in [6.45, 7) is 6.01. The number of hydrogen-bond acceptors (Lipinski definition) is 2. The number of carbonyl (C=O) groups excluding carboxylic acids is 1. The minimum atomic E-state index is 0.121. The lowest BCUT2D eigenvalue weighted by Crippen LogP contribution is -2.43. The summed E-state index contributed by atoms with van der Waals surface area (Å²) < 4.78 is 0. The van der Waals surface area contributed by atoms with Crippen LogP contribution in [-0.4, -0.2) is 25.0 Å². The molecule has 2 rings (SSSR count). The molecule has 0 aliphatic carbocycles. The summed E-state index contributed by atoms with van der Waals surface area (Å²) in [5.74, 6) is 0.121. The van der Waals surface area contributed by atoms with Gasteiger partial charge in [0.25, 0.3) is 0 Å². The van der Waals surface area contributed by atoms with Crippen LogP contribution in [0.25, 0.3) is 0 Å². The quantitative estimate of drug-likeness (QED) is 0.870. The summed E-state index contributed by atoms with van der Waals surface area (Å²) in [6.07, 6.45) is 4.18. The predicted octanol–water partition coefficient (Wildman–Crippen LogP) is 2.10. The molecule has 0 radical (unpaired) electrons. The van der Waals surface area contributed by atoms with Gasteiger partial charge < -0.3 is 10.6 Å². The van der Waals surface area contributed by atoms with E-state index in [1.54, 1.807) is 0 Å².